The monoisotopic (exact) mass is 348 g/mol. The van der Waals surface area contributed by atoms with Gasteiger partial charge in [-0.25, -0.2) is 0 Å². The van der Waals surface area contributed by atoms with Gasteiger partial charge in [-0.2, -0.15) is 0 Å². The average Bonchev–Trinajstić information content (AvgIpc) is 3.01. The summed E-state index contributed by atoms with van der Waals surface area (Å²) in [5.41, 5.74) is 3.65. The number of thiophene rings is 1. The highest BCUT2D eigenvalue weighted by atomic mass is 32.2. The van der Waals surface area contributed by atoms with Gasteiger partial charge in [0.15, 0.2) is 0 Å². The summed E-state index contributed by atoms with van der Waals surface area (Å²) >= 11 is 3.50. The van der Waals surface area contributed by atoms with Crippen LogP contribution in [-0.2, 0) is 6.42 Å². The fraction of sp³-hybridized carbons (Fsp3) is 0.182. The van der Waals surface area contributed by atoms with Crippen LogP contribution >= 0.6 is 23.1 Å². The Kier molecular flexibility index (Phi) is 5.45. The Hall–Kier alpha value is -1.95. The Morgan fingerprint density at radius 3 is 2.58 bits per heavy atom. The molecule has 3 rings (SSSR count). The van der Waals surface area contributed by atoms with E-state index in [-0.39, 0.29) is 0 Å². The van der Waals surface area contributed by atoms with Gasteiger partial charge in [-0.05, 0) is 59.5 Å². The van der Waals surface area contributed by atoms with Crippen molar-refractivity contribution in [2.75, 3.05) is 6.26 Å². The van der Waals surface area contributed by atoms with Crippen LogP contribution in [-0.4, -0.2) is 6.26 Å². The second-order valence-corrected chi connectivity index (χ2v) is 7.58. The maximum absolute atomic E-state index is 3.91. The second-order valence-electron chi connectivity index (χ2n) is 5.64. The van der Waals surface area contributed by atoms with Gasteiger partial charge in [-0.15, -0.1) is 23.1 Å². The van der Waals surface area contributed by atoms with Crippen molar-refractivity contribution in [1.29, 1.82) is 0 Å². The maximum Gasteiger partial charge on any atom is 0.0784 e. The predicted octanol–water partition coefficient (Wildman–Crippen LogP) is 6.62. The summed E-state index contributed by atoms with van der Waals surface area (Å²) in [7, 11) is 0. The molecule has 120 valence electrons. The fourth-order valence-electron chi connectivity index (χ4n) is 2.66. The molecule has 0 unspecified atom stereocenters. The lowest BCUT2D eigenvalue weighted by Crippen LogP contribution is -1.82. The lowest BCUT2D eigenvalue weighted by molar-refractivity contribution is 0.922. The lowest BCUT2D eigenvalue weighted by Gasteiger charge is -2.02. The number of hydrogen-bond acceptors (Lipinski definition) is 2. The van der Waals surface area contributed by atoms with E-state index in [1.165, 1.54) is 32.5 Å². The van der Waals surface area contributed by atoms with Gasteiger partial charge in [0.25, 0.3) is 0 Å². The van der Waals surface area contributed by atoms with Crippen LogP contribution in [0, 0.1) is 11.8 Å². The molecule has 0 bridgehead atoms. The van der Waals surface area contributed by atoms with Crippen molar-refractivity contribution in [3.05, 3.63) is 70.6 Å². The maximum atomic E-state index is 3.91. The highest BCUT2D eigenvalue weighted by molar-refractivity contribution is 7.98. The van der Waals surface area contributed by atoms with Gasteiger partial charge >= 0.3 is 0 Å². The molecule has 0 saturated carbocycles. The van der Waals surface area contributed by atoms with E-state index in [1.807, 2.05) is 6.08 Å². The lowest BCUT2D eigenvalue weighted by atomic mass is 10.1. The molecule has 0 saturated heterocycles. The smallest absolute Gasteiger partial charge is 0.0784 e. The van der Waals surface area contributed by atoms with Gasteiger partial charge in [-0.3, -0.25) is 0 Å². The zero-order chi connectivity index (χ0) is 16.9. The third-order valence-corrected chi connectivity index (χ3v) is 5.72. The van der Waals surface area contributed by atoms with Crippen LogP contribution in [0.15, 0.2) is 53.9 Å². The van der Waals surface area contributed by atoms with E-state index in [9.17, 15) is 0 Å². The number of benzene rings is 2. The summed E-state index contributed by atoms with van der Waals surface area (Å²) < 4.78 is 1.27. The summed E-state index contributed by atoms with van der Waals surface area (Å²) in [6, 6.07) is 15.2. The second kappa shape index (κ2) is 7.75. The summed E-state index contributed by atoms with van der Waals surface area (Å²) in [6.45, 7) is 6.12. The molecule has 0 N–H and O–H groups in total. The molecule has 0 spiro atoms. The van der Waals surface area contributed by atoms with Crippen LogP contribution in [0.5, 0.6) is 0 Å². The van der Waals surface area contributed by atoms with Gasteiger partial charge in [-0.1, -0.05) is 50.0 Å². The van der Waals surface area contributed by atoms with E-state index in [0.717, 1.165) is 16.9 Å². The van der Waals surface area contributed by atoms with Gasteiger partial charge in [0.1, 0.15) is 0 Å². The van der Waals surface area contributed by atoms with E-state index in [2.05, 4.69) is 74.1 Å². The van der Waals surface area contributed by atoms with Crippen molar-refractivity contribution in [2.24, 2.45) is 0 Å². The molecule has 2 aromatic carbocycles. The molecular formula is C22H20S2. The molecule has 0 amide bonds. The highest BCUT2D eigenvalue weighted by Gasteiger charge is 2.05. The first-order valence-electron chi connectivity index (χ1n) is 8.08. The van der Waals surface area contributed by atoms with Gasteiger partial charge in [0.05, 0.1) is 4.88 Å². The quantitative estimate of drug-likeness (QED) is 0.377. The molecule has 1 heterocycles. The minimum absolute atomic E-state index is 1.07. The van der Waals surface area contributed by atoms with E-state index in [4.69, 9.17) is 0 Å². The molecule has 0 aliphatic carbocycles. The van der Waals surface area contributed by atoms with Crippen molar-refractivity contribution in [2.45, 2.75) is 24.7 Å². The standard InChI is InChI=1S/C22H20S2/c1-4-6-16-7-9-17(10-8-16)11-12-20-13-19-15-21(23-3)18(5-2)14-22(19)24-20/h5,7-10,13-15H,2,4,6H2,1,3H3. The Bertz CT molecular complexity index is 918. The van der Waals surface area contributed by atoms with Crippen LogP contribution in [0.4, 0.5) is 0 Å². The summed E-state index contributed by atoms with van der Waals surface area (Å²) in [5.74, 6) is 6.60. The SMILES string of the molecule is C=Cc1cc2sc(C#Cc3ccc(CCC)cc3)cc2cc1SC. The zero-order valence-corrected chi connectivity index (χ0v) is 15.7. The first-order valence-corrected chi connectivity index (χ1v) is 10.1. The first kappa shape index (κ1) is 16.9. The van der Waals surface area contributed by atoms with Crippen molar-refractivity contribution >= 4 is 39.3 Å². The van der Waals surface area contributed by atoms with Crippen molar-refractivity contribution in [3.63, 3.8) is 0 Å². The predicted molar refractivity (Wildman–Crippen MR) is 110 cm³/mol. The minimum Gasteiger partial charge on any atom is -0.129 e. The largest absolute Gasteiger partial charge is 0.129 e. The topological polar surface area (TPSA) is 0 Å². The molecule has 0 atom stereocenters. The number of fused-ring (bicyclic) bond motifs is 1. The Morgan fingerprint density at radius 2 is 1.92 bits per heavy atom. The fourth-order valence-corrected chi connectivity index (χ4v) is 4.23. The van der Waals surface area contributed by atoms with Crippen LogP contribution in [0.25, 0.3) is 16.2 Å². The molecule has 0 aliphatic rings. The van der Waals surface area contributed by atoms with Gasteiger partial charge in [0.2, 0.25) is 0 Å². The summed E-state index contributed by atoms with van der Waals surface area (Å²) in [4.78, 5) is 2.37. The van der Waals surface area contributed by atoms with E-state index < -0.39 is 0 Å². The van der Waals surface area contributed by atoms with E-state index in [0.29, 0.717) is 0 Å². The average molecular weight is 349 g/mol. The molecule has 1 aromatic heterocycles. The summed E-state index contributed by atoms with van der Waals surface area (Å²) in [6.07, 6.45) is 6.34. The molecule has 0 fully saturated rings. The number of thioether (sulfide) groups is 1. The number of rotatable bonds is 4. The van der Waals surface area contributed by atoms with Crippen LogP contribution in [0.1, 0.15) is 34.9 Å². The molecule has 2 heteroatoms. The van der Waals surface area contributed by atoms with Crippen molar-refractivity contribution in [3.8, 4) is 11.8 Å². The Balaban J connectivity index is 1.89. The van der Waals surface area contributed by atoms with E-state index >= 15 is 0 Å². The van der Waals surface area contributed by atoms with Crippen LogP contribution in [0.2, 0.25) is 0 Å². The molecule has 3 aromatic rings. The zero-order valence-electron chi connectivity index (χ0n) is 14.1. The molecule has 0 aliphatic heterocycles. The highest BCUT2D eigenvalue weighted by Crippen LogP contribution is 2.32. The number of hydrogen-bond donors (Lipinski definition) is 0. The third-order valence-electron chi connectivity index (χ3n) is 3.91. The van der Waals surface area contributed by atoms with Gasteiger partial charge in [0, 0.05) is 15.2 Å². The van der Waals surface area contributed by atoms with E-state index in [1.54, 1.807) is 23.1 Å². The minimum atomic E-state index is 1.07. The van der Waals surface area contributed by atoms with Crippen molar-refractivity contribution < 1.29 is 0 Å². The molecular weight excluding hydrogens is 328 g/mol. The van der Waals surface area contributed by atoms with Crippen molar-refractivity contribution in [1.82, 2.24) is 0 Å². The first-order chi connectivity index (χ1) is 11.7. The molecule has 0 radical (unpaired) electrons. The summed E-state index contributed by atoms with van der Waals surface area (Å²) in [5, 5.41) is 1.26. The van der Waals surface area contributed by atoms with Crippen LogP contribution in [0.3, 0.4) is 0 Å². The normalized spacial score (nSPS) is 10.4. The Labute approximate surface area is 152 Å². The van der Waals surface area contributed by atoms with Crippen LogP contribution < -0.4 is 0 Å². The third kappa shape index (κ3) is 3.75. The molecule has 24 heavy (non-hydrogen) atoms. The Morgan fingerprint density at radius 1 is 1.12 bits per heavy atom. The number of aryl methyl sites for hydroxylation is 1. The molecule has 0 nitrogen and oxygen atoms in total. The van der Waals surface area contributed by atoms with Gasteiger partial charge < -0.3 is 0 Å².